The highest BCUT2D eigenvalue weighted by atomic mass is 32.2. The van der Waals surface area contributed by atoms with Crippen molar-refractivity contribution in [1.82, 2.24) is 5.32 Å². The van der Waals surface area contributed by atoms with Crippen LogP contribution in [0, 0.1) is 17.7 Å². The lowest BCUT2D eigenvalue weighted by molar-refractivity contribution is 0.0952. The number of nitrogens with one attached hydrogen (secondary N) is 1. The summed E-state index contributed by atoms with van der Waals surface area (Å²) < 4.78 is 13.3. The monoisotopic (exact) mass is 309 g/mol. The molecule has 0 bridgehead atoms. The summed E-state index contributed by atoms with van der Waals surface area (Å²) in [7, 11) is 0. The molecule has 0 radical (unpaired) electrons. The number of aliphatic hydroxyl groups is 1. The van der Waals surface area contributed by atoms with Crippen molar-refractivity contribution in [3.05, 3.63) is 35.1 Å². The molecule has 0 fully saturated rings. The molecule has 5 heteroatoms. The lowest BCUT2D eigenvalue weighted by Gasteiger charge is -2.07. The van der Waals surface area contributed by atoms with E-state index in [2.05, 4.69) is 17.2 Å². The van der Waals surface area contributed by atoms with Gasteiger partial charge in [-0.05, 0) is 43.0 Å². The quantitative estimate of drug-likeness (QED) is 0.601. The third-order valence-corrected chi connectivity index (χ3v) is 3.44. The highest BCUT2D eigenvalue weighted by Gasteiger charge is 2.11. The van der Waals surface area contributed by atoms with Gasteiger partial charge in [-0.15, -0.1) is 0 Å². The van der Waals surface area contributed by atoms with Crippen LogP contribution < -0.4 is 5.32 Å². The van der Waals surface area contributed by atoms with Gasteiger partial charge in [-0.3, -0.25) is 4.79 Å². The van der Waals surface area contributed by atoms with E-state index in [0.29, 0.717) is 18.5 Å². The van der Waals surface area contributed by atoms with Crippen LogP contribution in [0.1, 0.15) is 35.2 Å². The summed E-state index contributed by atoms with van der Waals surface area (Å²) >= 11 is 1.77. The Kier molecular flexibility index (Phi) is 8.56. The van der Waals surface area contributed by atoms with Crippen molar-refractivity contribution in [2.75, 3.05) is 25.2 Å². The second-order valence-electron chi connectivity index (χ2n) is 4.42. The molecule has 2 N–H and O–H groups in total. The summed E-state index contributed by atoms with van der Waals surface area (Å²) in [6.07, 6.45) is 4.30. The molecule has 0 atom stereocenters. The maximum atomic E-state index is 13.3. The number of amides is 1. The van der Waals surface area contributed by atoms with Crippen molar-refractivity contribution in [2.45, 2.75) is 19.3 Å². The summed E-state index contributed by atoms with van der Waals surface area (Å²) in [4.78, 5) is 12.1. The average Bonchev–Trinajstić information content (AvgIpc) is 2.48. The first-order chi connectivity index (χ1) is 10.2. The van der Waals surface area contributed by atoms with Crippen molar-refractivity contribution < 1.29 is 14.3 Å². The molecule has 0 aliphatic heterocycles. The zero-order valence-electron chi connectivity index (χ0n) is 12.1. The zero-order valence-corrected chi connectivity index (χ0v) is 12.9. The van der Waals surface area contributed by atoms with Crippen molar-refractivity contribution in [3.8, 4) is 11.8 Å². The standard InChI is InChI=1S/C16H20FNO2S/c1-21-11-5-3-9-18-16(20)15-12-14(17)8-7-13(15)6-2-4-10-19/h7-8,12,19H,3-5,9-11H2,1H3,(H,18,20). The van der Waals surface area contributed by atoms with Gasteiger partial charge in [0.2, 0.25) is 0 Å². The number of halogens is 1. The molecular weight excluding hydrogens is 289 g/mol. The number of rotatable bonds is 7. The van der Waals surface area contributed by atoms with E-state index in [4.69, 9.17) is 5.11 Å². The predicted molar refractivity (Wildman–Crippen MR) is 84.9 cm³/mol. The molecule has 1 aromatic rings. The van der Waals surface area contributed by atoms with Gasteiger partial charge in [0.25, 0.3) is 5.91 Å². The maximum Gasteiger partial charge on any atom is 0.252 e. The van der Waals surface area contributed by atoms with Gasteiger partial charge in [-0.1, -0.05) is 11.8 Å². The van der Waals surface area contributed by atoms with E-state index in [1.807, 2.05) is 6.26 Å². The zero-order chi connectivity index (χ0) is 15.5. The van der Waals surface area contributed by atoms with Crippen molar-refractivity contribution in [2.24, 2.45) is 0 Å². The highest BCUT2D eigenvalue weighted by Crippen LogP contribution is 2.10. The van der Waals surface area contributed by atoms with Gasteiger partial charge in [-0.2, -0.15) is 11.8 Å². The maximum absolute atomic E-state index is 13.3. The van der Waals surface area contributed by atoms with Gasteiger partial charge in [0.05, 0.1) is 12.2 Å². The minimum Gasteiger partial charge on any atom is -0.395 e. The van der Waals surface area contributed by atoms with Gasteiger partial charge in [0, 0.05) is 18.5 Å². The number of carbonyl (C=O) groups is 1. The number of carbonyl (C=O) groups excluding carboxylic acids is 1. The molecule has 1 rings (SSSR count). The van der Waals surface area contributed by atoms with Gasteiger partial charge in [0.1, 0.15) is 5.82 Å². The van der Waals surface area contributed by atoms with E-state index in [-0.39, 0.29) is 18.1 Å². The minimum absolute atomic E-state index is 0.0365. The third-order valence-electron chi connectivity index (χ3n) is 2.75. The molecule has 1 amide bonds. The van der Waals surface area contributed by atoms with Crippen molar-refractivity contribution in [1.29, 1.82) is 0 Å². The number of hydrogen-bond acceptors (Lipinski definition) is 3. The highest BCUT2D eigenvalue weighted by molar-refractivity contribution is 7.98. The lowest BCUT2D eigenvalue weighted by atomic mass is 10.1. The fraction of sp³-hybridized carbons (Fsp3) is 0.438. The van der Waals surface area contributed by atoms with Crippen LogP contribution in [0.15, 0.2) is 18.2 Å². The Hall–Kier alpha value is -1.51. The fourth-order valence-electron chi connectivity index (χ4n) is 1.70. The smallest absolute Gasteiger partial charge is 0.252 e. The third kappa shape index (κ3) is 6.65. The minimum atomic E-state index is -0.463. The largest absolute Gasteiger partial charge is 0.395 e. The second-order valence-corrected chi connectivity index (χ2v) is 5.41. The van der Waals surface area contributed by atoms with Crippen LogP contribution in [0.4, 0.5) is 4.39 Å². The molecule has 0 saturated heterocycles. The van der Waals surface area contributed by atoms with E-state index in [1.165, 1.54) is 18.2 Å². The van der Waals surface area contributed by atoms with Crippen LogP contribution >= 0.6 is 11.8 Å². The average molecular weight is 309 g/mol. The second kappa shape index (κ2) is 10.3. The van der Waals surface area contributed by atoms with Crippen LogP contribution in [0.5, 0.6) is 0 Å². The molecule has 0 aliphatic rings. The van der Waals surface area contributed by atoms with Crippen LogP contribution in [0.25, 0.3) is 0 Å². The SMILES string of the molecule is CSCCCCNC(=O)c1cc(F)ccc1C#CCCO. The fourth-order valence-corrected chi connectivity index (χ4v) is 2.19. The summed E-state index contributed by atoms with van der Waals surface area (Å²) in [6, 6.07) is 3.96. The Morgan fingerprint density at radius 1 is 1.43 bits per heavy atom. The van der Waals surface area contributed by atoms with Crippen LogP contribution in [0.3, 0.4) is 0 Å². The number of thioether (sulfide) groups is 1. The summed E-state index contributed by atoms with van der Waals surface area (Å²) in [5, 5.41) is 11.5. The first-order valence-corrected chi connectivity index (χ1v) is 8.25. The summed E-state index contributed by atoms with van der Waals surface area (Å²) in [6.45, 7) is 0.532. The molecule has 0 unspecified atom stereocenters. The summed E-state index contributed by atoms with van der Waals surface area (Å²) in [5.74, 6) is 5.82. The molecule has 21 heavy (non-hydrogen) atoms. The molecular formula is C16H20FNO2S. The van der Waals surface area contributed by atoms with E-state index >= 15 is 0 Å². The van der Waals surface area contributed by atoms with Crippen molar-refractivity contribution >= 4 is 17.7 Å². The summed E-state index contributed by atoms with van der Waals surface area (Å²) in [5.41, 5.74) is 0.719. The van der Waals surface area contributed by atoms with Gasteiger partial charge in [0.15, 0.2) is 0 Å². The Morgan fingerprint density at radius 3 is 2.95 bits per heavy atom. The van der Waals surface area contributed by atoms with E-state index in [0.717, 1.165) is 18.6 Å². The molecule has 0 aromatic heterocycles. The Bertz CT molecular complexity index is 523. The first kappa shape index (κ1) is 17.5. The Labute approximate surface area is 129 Å². The van der Waals surface area contributed by atoms with Gasteiger partial charge >= 0.3 is 0 Å². The molecule has 0 spiro atoms. The Morgan fingerprint density at radius 2 is 2.24 bits per heavy atom. The molecule has 3 nitrogen and oxygen atoms in total. The predicted octanol–water partition coefficient (Wildman–Crippen LogP) is 2.43. The lowest BCUT2D eigenvalue weighted by Crippen LogP contribution is -2.25. The molecule has 0 saturated carbocycles. The van der Waals surface area contributed by atoms with E-state index < -0.39 is 5.82 Å². The van der Waals surface area contributed by atoms with Crippen molar-refractivity contribution in [3.63, 3.8) is 0 Å². The van der Waals surface area contributed by atoms with E-state index in [9.17, 15) is 9.18 Å². The molecule has 1 aromatic carbocycles. The molecule has 114 valence electrons. The molecule has 0 aliphatic carbocycles. The number of aliphatic hydroxyl groups excluding tert-OH is 1. The normalized spacial score (nSPS) is 9.86. The number of benzene rings is 1. The number of unbranched alkanes of at least 4 members (excludes halogenated alkanes) is 1. The first-order valence-electron chi connectivity index (χ1n) is 6.85. The van der Waals surface area contributed by atoms with E-state index in [1.54, 1.807) is 11.8 Å². The van der Waals surface area contributed by atoms with Crippen LogP contribution in [-0.4, -0.2) is 36.2 Å². The van der Waals surface area contributed by atoms with Crippen LogP contribution in [0.2, 0.25) is 0 Å². The topological polar surface area (TPSA) is 49.3 Å². The van der Waals surface area contributed by atoms with Crippen LogP contribution in [-0.2, 0) is 0 Å². The molecule has 0 heterocycles. The number of hydrogen-bond donors (Lipinski definition) is 2. The van der Waals surface area contributed by atoms with Gasteiger partial charge < -0.3 is 10.4 Å². The van der Waals surface area contributed by atoms with Gasteiger partial charge in [-0.25, -0.2) is 4.39 Å². The Balaban J connectivity index is 2.69.